The summed E-state index contributed by atoms with van der Waals surface area (Å²) in [7, 11) is 0. The van der Waals surface area contributed by atoms with Crippen molar-refractivity contribution in [1.29, 1.82) is 0 Å². The van der Waals surface area contributed by atoms with Gasteiger partial charge in [0, 0.05) is 18.0 Å². The Morgan fingerprint density at radius 2 is 2.24 bits per heavy atom. The molecule has 5 heteroatoms. The van der Waals surface area contributed by atoms with E-state index in [1.807, 2.05) is 19.9 Å². The van der Waals surface area contributed by atoms with Gasteiger partial charge >= 0.3 is 0 Å². The molecule has 0 unspecified atom stereocenters. The van der Waals surface area contributed by atoms with Gasteiger partial charge in [-0.3, -0.25) is 9.59 Å². The predicted octanol–water partition coefficient (Wildman–Crippen LogP) is 1.33. The first kappa shape index (κ1) is 12.1. The van der Waals surface area contributed by atoms with E-state index in [0.29, 0.717) is 13.1 Å². The molecule has 1 aliphatic heterocycles. The van der Waals surface area contributed by atoms with Crippen molar-refractivity contribution in [1.82, 2.24) is 10.2 Å². The Bertz CT molecular complexity index is 434. The number of thiophene rings is 1. The number of rotatable bonds is 1. The van der Waals surface area contributed by atoms with Crippen molar-refractivity contribution in [2.24, 2.45) is 0 Å². The molecule has 0 saturated carbocycles. The van der Waals surface area contributed by atoms with Crippen LogP contribution in [0, 0.1) is 13.8 Å². The van der Waals surface area contributed by atoms with Gasteiger partial charge in [-0.05, 0) is 31.9 Å². The van der Waals surface area contributed by atoms with Crippen LogP contribution in [0.3, 0.4) is 0 Å². The standard InChI is InChI=1S/C12H16N2O2S/c1-8-6-10(17-9(8)2)12(16)14-5-3-4-13-11(15)7-14/h6H,3-5,7H2,1-2H3,(H,13,15). The Morgan fingerprint density at radius 3 is 2.88 bits per heavy atom. The first-order chi connectivity index (χ1) is 8.08. The van der Waals surface area contributed by atoms with Crippen molar-refractivity contribution in [3.05, 3.63) is 21.4 Å². The van der Waals surface area contributed by atoms with E-state index in [1.54, 1.807) is 4.90 Å². The van der Waals surface area contributed by atoms with E-state index in [-0.39, 0.29) is 18.4 Å². The van der Waals surface area contributed by atoms with Crippen molar-refractivity contribution >= 4 is 23.2 Å². The molecule has 92 valence electrons. The number of amides is 2. The molecule has 0 atom stereocenters. The normalized spacial score (nSPS) is 16.6. The molecule has 17 heavy (non-hydrogen) atoms. The fraction of sp³-hybridized carbons (Fsp3) is 0.500. The first-order valence-corrected chi connectivity index (χ1v) is 6.52. The smallest absolute Gasteiger partial charge is 0.264 e. The monoisotopic (exact) mass is 252 g/mol. The van der Waals surface area contributed by atoms with Crippen LogP contribution in [0.1, 0.15) is 26.5 Å². The zero-order valence-electron chi connectivity index (χ0n) is 10.1. The summed E-state index contributed by atoms with van der Waals surface area (Å²) in [6.45, 7) is 5.48. The van der Waals surface area contributed by atoms with Gasteiger partial charge in [0.05, 0.1) is 11.4 Å². The highest BCUT2D eigenvalue weighted by Gasteiger charge is 2.22. The number of nitrogens with zero attached hydrogens (tertiary/aromatic N) is 1. The summed E-state index contributed by atoms with van der Waals surface area (Å²) < 4.78 is 0. The summed E-state index contributed by atoms with van der Waals surface area (Å²) in [5, 5.41) is 2.77. The lowest BCUT2D eigenvalue weighted by Crippen LogP contribution is -2.37. The zero-order chi connectivity index (χ0) is 12.4. The highest BCUT2D eigenvalue weighted by molar-refractivity contribution is 7.14. The van der Waals surface area contributed by atoms with E-state index in [2.05, 4.69) is 5.32 Å². The number of carbonyl (C=O) groups is 2. The summed E-state index contributed by atoms with van der Waals surface area (Å²) in [5.41, 5.74) is 1.14. The van der Waals surface area contributed by atoms with Gasteiger partial charge in [0.1, 0.15) is 0 Å². The van der Waals surface area contributed by atoms with Crippen molar-refractivity contribution in [3.8, 4) is 0 Å². The van der Waals surface area contributed by atoms with E-state index in [4.69, 9.17) is 0 Å². The molecule has 1 fully saturated rings. The lowest BCUT2D eigenvalue weighted by Gasteiger charge is -2.17. The minimum atomic E-state index is -0.0687. The van der Waals surface area contributed by atoms with Crippen LogP contribution in [0.5, 0.6) is 0 Å². The second-order valence-electron chi connectivity index (χ2n) is 4.28. The van der Waals surface area contributed by atoms with Gasteiger partial charge in [0.15, 0.2) is 0 Å². The Kier molecular flexibility index (Phi) is 3.47. The van der Waals surface area contributed by atoms with Gasteiger partial charge in [-0.25, -0.2) is 0 Å². The van der Waals surface area contributed by atoms with Crippen molar-refractivity contribution in [2.75, 3.05) is 19.6 Å². The molecule has 1 N–H and O–H groups in total. The number of aryl methyl sites for hydroxylation is 2. The van der Waals surface area contributed by atoms with Crippen molar-refractivity contribution in [2.45, 2.75) is 20.3 Å². The van der Waals surface area contributed by atoms with E-state index < -0.39 is 0 Å². The van der Waals surface area contributed by atoms with Gasteiger partial charge in [-0.15, -0.1) is 11.3 Å². The van der Waals surface area contributed by atoms with Crippen molar-refractivity contribution < 1.29 is 9.59 Å². The molecule has 0 bridgehead atoms. The van der Waals surface area contributed by atoms with Crippen LogP contribution in [0.15, 0.2) is 6.07 Å². The Morgan fingerprint density at radius 1 is 1.47 bits per heavy atom. The van der Waals surface area contributed by atoms with E-state index >= 15 is 0 Å². The minimum absolute atomic E-state index is 0.0248. The van der Waals surface area contributed by atoms with Gasteiger partial charge in [0.25, 0.3) is 5.91 Å². The van der Waals surface area contributed by atoms with Crippen LogP contribution in [-0.2, 0) is 4.79 Å². The van der Waals surface area contributed by atoms with E-state index in [9.17, 15) is 9.59 Å². The maximum Gasteiger partial charge on any atom is 0.264 e. The highest BCUT2D eigenvalue weighted by atomic mass is 32.1. The molecule has 0 spiro atoms. The molecule has 0 aliphatic carbocycles. The summed E-state index contributed by atoms with van der Waals surface area (Å²) in [5.74, 6) is -0.0934. The lowest BCUT2D eigenvalue weighted by molar-refractivity contribution is -0.121. The third-order valence-corrected chi connectivity index (χ3v) is 4.07. The second-order valence-corrected chi connectivity index (χ2v) is 5.54. The fourth-order valence-electron chi connectivity index (χ4n) is 1.81. The minimum Gasteiger partial charge on any atom is -0.354 e. The lowest BCUT2D eigenvalue weighted by atomic mass is 10.2. The maximum atomic E-state index is 12.2. The molecule has 2 amide bonds. The predicted molar refractivity (Wildman–Crippen MR) is 67.3 cm³/mol. The van der Waals surface area contributed by atoms with Crippen LogP contribution in [-0.4, -0.2) is 36.3 Å². The molecular formula is C12H16N2O2S. The van der Waals surface area contributed by atoms with Crippen LogP contribution in [0.2, 0.25) is 0 Å². The van der Waals surface area contributed by atoms with E-state index in [1.165, 1.54) is 11.3 Å². The zero-order valence-corrected chi connectivity index (χ0v) is 10.9. The SMILES string of the molecule is Cc1cc(C(=O)N2CCCNC(=O)C2)sc1C. The first-order valence-electron chi connectivity index (χ1n) is 5.71. The number of carbonyl (C=O) groups excluding carboxylic acids is 2. The molecule has 1 aliphatic rings. The molecular weight excluding hydrogens is 236 g/mol. The Labute approximate surface area is 105 Å². The van der Waals surface area contributed by atoms with Crippen LogP contribution in [0.25, 0.3) is 0 Å². The number of hydrogen-bond donors (Lipinski definition) is 1. The Hall–Kier alpha value is -1.36. The maximum absolute atomic E-state index is 12.2. The number of nitrogens with one attached hydrogen (secondary N) is 1. The van der Waals surface area contributed by atoms with Crippen LogP contribution < -0.4 is 5.32 Å². The summed E-state index contributed by atoms with van der Waals surface area (Å²) >= 11 is 1.50. The van der Waals surface area contributed by atoms with Crippen LogP contribution in [0.4, 0.5) is 0 Å². The summed E-state index contributed by atoms with van der Waals surface area (Å²) in [6.07, 6.45) is 0.820. The molecule has 0 aromatic carbocycles. The average molecular weight is 252 g/mol. The summed E-state index contributed by atoms with van der Waals surface area (Å²) in [6, 6.07) is 1.91. The van der Waals surface area contributed by atoms with Gasteiger partial charge < -0.3 is 10.2 Å². The molecule has 1 saturated heterocycles. The van der Waals surface area contributed by atoms with Gasteiger partial charge in [-0.1, -0.05) is 0 Å². The molecule has 4 nitrogen and oxygen atoms in total. The number of hydrogen-bond acceptors (Lipinski definition) is 3. The van der Waals surface area contributed by atoms with Crippen molar-refractivity contribution in [3.63, 3.8) is 0 Å². The average Bonchev–Trinajstić information content (AvgIpc) is 2.51. The Balaban J connectivity index is 2.15. The van der Waals surface area contributed by atoms with Crippen LogP contribution >= 0.6 is 11.3 Å². The topological polar surface area (TPSA) is 49.4 Å². The van der Waals surface area contributed by atoms with Gasteiger partial charge in [0.2, 0.25) is 5.91 Å². The molecule has 0 radical (unpaired) electrons. The largest absolute Gasteiger partial charge is 0.354 e. The quantitative estimate of drug-likeness (QED) is 0.819. The fourth-order valence-corrected chi connectivity index (χ4v) is 2.82. The second kappa shape index (κ2) is 4.87. The third kappa shape index (κ3) is 2.66. The van der Waals surface area contributed by atoms with E-state index in [0.717, 1.165) is 21.7 Å². The molecule has 1 aromatic heterocycles. The third-order valence-electron chi connectivity index (χ3n) is 2.93. The molecule has 2 rings (SSSR count). The molecule has 2 heterocycles. The highest BCUT2D eigenvalue weighted by Crippen LogP contribution is 2.22. The van der Waals surface area contributed by atoms with Gasteiger partial charge in [-0.2, -0.15) is 0 Å². The molecule has 1 aromatic rings. The summed E-state index contributed by atoms with van der Waals surface area (Å²) in [4.78, 5) is 27.1.